The molecule has 0 saturated carbocycles. The molecule has 4 nitrogen and oxygen atoms in total. The zero-order valence-electron chi connectivity index (χ0n) is 7.26. The van der Waals surface area contributed by atoms with Crippen molar-refractivity contribution in [2.24, 2.45) is 11.5 Å². The summed E-state index contributed by atoms with van der Waals surface area (Å²) in [5.74, 6) is 1.42. The van der Waals surface area contributed by atoms with Gasteiger partial charge in [-0.2, -0.15) is 0 Å². The first kappa shape index (κ1) is 16.3. The van der Waals surface area contributed by atoms with E-state index in [1.807, 2.05) is 0 Å². The maximum atomic E-state index is 8.58. The van der Waals surface area contributed by atoms with Gasteiger partial charge < -0.3 is 21.7 Å². The molecule has 0 rings (SSSR count). The van der Waals surface area contributed by atoms with Gasteiger partial charge in [-0.15, -0.1) is 12.4 Å². The molecule has 7 heteroatoms. The molecule has 0 fully saturated rings. The highest BCUT2D eigenvalue weighted by Gasteiger charge is 2.03. The van der Waals surface area contributed by atoms with E-state index in [9.17, 15) is 0 Å². The molecule has 0 radical (unpaired) electrons. The third-order valence-corrected chi connectivity index (χ3v) is 3.73. The molecule has 0 aliphatic heterocycles. The van der Waals surface area contributed by atoms with Crippen LogP contribution in [0.3, 0.4) is 0 Å². The summed E-state index contributed by atoms with van der Waals surface area (Å²) in [5.41, 5.74) is 10.9. The number of halogens is 1. The molecule has 0 bridgehead atoms. The first-order valence-electron chi connectivity index (χ1n) is 3.68. The summed E-state index contributed by atoms with van der Waals surface area (Å²) < 4.78 is 0. The van der Waals surface area contributed by atoms with Crippen LogP contribution in [0, 0.1) is 0 Å². The fraction of sp³-hybridized carbons (Fsp3) is 1.00. The molecule has 0 saturated heterocycles. The fourth-order valence-corrected chi connectivity index (χ4v) is 2.76. The highest BCUT2D eigenvalue weighted by molar-refractivity contribution is 8.76. The number of nitrogens with two attached hydrogens (primary N) is 2. The van der Waals surface area contributed by atoms with Gasteiger partial charge in [0, 0.05) is 23.6 Å². The molecule has 0 heterocycles. The summed E-state index contributed by atoms with van der Waals surface area (Å²) in [6.07, 6.45) is 0. The van der Waals surface area contributed by atoms with Crippen LogP contribution in [-0.2, 0) is 0 Å². The van der Waals surface area contributed by atoms with Gasteiger partial charge in [-0.3, -0.25) is 0 Å². The lowest BCUT2D eigenvalue weighted by Gasteiger charge is -2.08. The molecule has 0 aromatic heterocycles. The molecule has 0 aliphatic carbocycles. The Labute approximate surface area is 92.6 Å². The standard InChI is InChI=1S/C6H16N2O2S2.ClH/c7-5(1-9)3-11-12-4-6(8)2-10;/h5-6,9-10H,1-4,7-8H2;1H/t5-,6-;/m1./s1. The van der Waals surface area contributed by atoms with E-state index in [-0.39, 0.29) is 37.7 Å². The lowest BCUT2D eigenvalue weighted by Crippen LogP contribution is -2.28. The number of hydrogen-bond acceptors (Lipinski definition) is 6. The normalized spacial score (nSPS) is 14.8. The maximum absolute atomic E-state index is 8.58. The molecule has 0 unspecified atom stereocenters. The average molecular weight is 249 g/mol. The second-order valence-electron chi connectivity index (χ2n) is 2.45. The Morgan fingerprint density at radius 1 is 0.923 bits per heavy atom. The smallest absolute Gasteiger partial charge is 0.0590 e. The van der Waals surface area contributed by atoms with Crippen molar-refractivity contribution in [2.45, 2.75) is 12.1 Å². The Hall–Kier alpha value is 0.830. The van der Waals surface area contributed by atoms with Crippen LogP contribution in [0.4, 0.5) is 0 Å². The number of rotatable bonds is 7. The average Bonchev–Trinajstić information content (AvgIpc) is 2.11. The first-order valence-corrected chi connectivity index (χ1v) is 6.16. The molecule has 2 atom stereocenters. The van der Waals surface area contributed by atoms with Crippen molar-refractivity contribution in [2.75, 3.05) is 24.7 Å². The summed E-state index contributed by atoms with van der Waals surface area (Å²) in [6.45, 7) is 0.0270. The quantitative estimate of drug-likeness (QED) is 0.356. The maximum Gasteiger partial charge on any atom is 0.0590 e. The first-order chi connectivity index (χ1) is 5.70. The van der Waals surface area contributed by atoms with Crippen LogP contribution < -0.4 is 11.5 Å². The molecule has 82 valence electrons. The number of aliphatic hydroxyl groups excluding tert-OH is 2. The van der Waals surface area contributed by atoms with Crippen LogP contribution >= 0.6 is 34.0 Å². The summed E-state index contributed by atoms with van der Waals surface area (Å²) in [4.78, 5) is 0. The lowest BCUT2D eigenvalue weighted by molar-refractivity contribution is 0.275. The van der Waals surface area contributed by atoms with Crippen molar-refractivity contribution in [1.82, 2.24) is 0 Å². The highest BCUT2D eigenvalue weighted by atomic mass is 35.5. The van der Waals surface area contributed by atoms with Crippen LogP contribution in [0.2, 0.25) is 0 Å². The molecule has 13 heavy (non-hydrogen) atoms. The third-order valence-electron chi connectivity index (χ3n) is 1.12. The van der Waals surface area contributed by atoms with Gasteiger partial charge in [0.05, 0.1) is 13.2 Å². The molecule has 0 amide bonds. The van der Waals surface area contributed by atoms with Gasteiger partial charge in [0.25, 0.3) is 0 Å². The van der Waals surface area contributed by atoms with E-state index < -0.39 is 0 Å². The van der Waals surface area contributed by atoms with Crippen LogP contribution in [0.5, 0.6) is 0 Å². The largest absolute Gasteiger partial charge is 0.395 e. The van der Waals surface area contributed by atoms with Crippen molar-refractivity contribution in [3.63, 3.8) is 0 Å². The van der Waals surface area contributed by atoms with E-state index in [1.54, 1.807) is 21.6 Å². The molecule has 0 spiro atoms. The Kier molecular flexibility index (Phi) is 13.6. The molecule has 0 aromatic rings. The van der Waals surface area contributed by atoms with Gasteiger partial charge >= 0.3 is 0 Å². The van der Waals surface area contributed by atoms with Gasteiger partial charge in [-0.1, -0.05) is 21.6 Å². The Morgan fingerprint density at radius 3 is 1.46 bits per heavy atom. The van der Waals surface area contributed by atoms with Crippen LogP contribution in [0.1, 0.15) is 0 Å². The van der Waals surface area contributed by atoms with E-state index in [2.05, 4.69) is 0 Å². The van der Waals surface area contributed by atoms with Gasteiger partial charge in [-0.25, -0.2) is 0 Å². The van der Waals surface area contributed by atoms with Crippen molar-refractivity contribution >= 4 is 34.0 Å². The summed E-state index contributed by atoms with van der Waals surface area (Å²) in [7, 11) is 3.14. The summed E-state index contributed by atoms with van der Waals surface area (Å²) in [5, 5.41) is 17.2. The topological polar surface area (TPSA) is 92.5 Å². The second kappa shape index (κ2) is 10.9. The van der Waals surface area contributed by atoms with Crippen LogP contribution in [-0.4, -0.2) is 47.0 Å². The molecule has 0 aliphatic rings. The minimum absolute atomic E-state index is 0. The molecular weight excluding hydrogens is 232 g/mol. The SMILES string of the molecule is Cl.N[C@H](CO)CSSC[C@H](N)CO. The van der Waals surface area contributed by atoms with E-state index >= 15 is 0 Å². The van der Waals surface area contributed by atoms with Crippen molar-refractivity contribution < 1.29 is 10.2 Å². The fourth-order valence-electron chi connectivity index (χ4n) is 0.376. The monoisotopic (exact) mass is 248 g/mol. The molecule has 6 N–H and O–H groups in total. The van der Waals surface area contributed by atoms with E-state index in [0.717, 1.165) is 0 Å². The summed E-state index contributed by atoms with van der Waals surface area (Å²) in [6, 6.07) is -0.319. The zero-order chi connectivity index (χ0) is 9.40. The van der Waals surface area contributed by atoms with Gasteiger partial charge in [0.15, 0.2) is 0 Å². The van der Waals surface area contributed by atoms with Gasteiger partial charge in [0.2, 0.25) is 0 Å². The molecule has 0 aromatic carbocycles. The zero-order valence-corrected chi connectivity index (χ0v) is 9.71. The lowest BCUT2D eigenvalue weighted by atomic mass is 10.4. The van der Waals surface area contributed by atoms with E-state index in [1.165, 1.54) is 0 Å². The van der Waals surface area contributed by atoms with E-state index in [4.69, 9.17) is 21.7 Å². The minimum Gasteiger partial charge on any atom is -0.395 e. The third kappa shape index (κ3) is 10.8. The van der Waals surface area contributed by atoms with Crippen molar-refractivity contribution in [1.29, 1.82) is 0 Å². The van der Waals surface area contributed by atoms with E-state index in [0.29, 0.717) is 11.5 Å². The van der Waals surface area contributed by atoms with Crippen molar-refractivity contribution in [3.8, 4) is 0 Å². The Bertz CT molecular complexity index is 101. The van der Waals surface area contributed by atoms with Crippen molar-refractivity contribution in [3.05, 3.63) is 0 Å². The van der Waals surface area contributed by atoms with Gasteiger partial charge in [-0.05, 0) is 0 Å². The second-order valence-corrected chi connectivity index (χ2v) is 5.01. The predicted molar refractivity (Wildman–Crippen MR) is 62.3 cm³/mol. The Balaban J connectivity index is 0. The highest BCUT2D eigenvalue weighted by Crippen LogP contribution is 2.21. The van der Waals surface area contributed by atoms with Crippen LogP contribution in [0.25, 0.3) is 0 Å². The van der Waals surface area contributed by atoms with Gasteiger partial charge in [0.1, 0.15) is 0 Å². The Morgan fingerprint density at radius 2 is 1.23 bits per heavy atom. The summed E-state index contributed by atoms with van der Waals surface area (Å²) >= 11 is 0. The number of hydrogen-bond donors (Lipinski definition) is 4. The molecular formula is C6H17ClN2O2S2. The number of aliphatic hydroxyl groups is 2. The van der Waals surface area contributed by atoms with Crippen LogP contribution in [0.15, 0.2) is 0 Å². The predicted octanol–water partition coefficient (Wildman–Crippen LogP) is -0.571. The minimum atomic E-state index is -0.159.